The number of nitrogens with two attached hydrogens (primary N) is 2. The third kappa shape index (κ3) is 4.30. The van der Waals surface area contributed by atoms with E-state index >= 15 is 0 Å². The zero-order chi connectivity index (χ0) is 19.1. The van der Waals surface area contributed by atoms with Crippen molar-refractivity contribution >= 4 is 17.3 Å². The van der Waals surface area contributed by atoms with Gasteiger partial charge < -0.3 is 20.9 Å². The summed E-state index contributed by atoms with van der Waals surface area (Å²) in [5.74, 6) is 2.53. The standard InChI is InChI=1S/C19H25N5O2/c1-5-9-22-15(6-2)19-23-17(20)14(18(21)24-19)10-12-7-8-13(25-3)11-16(12)26-4/h5,7-9,11H,6,10H2,1-4H3,(H4,20,21,23,24)/b9-5-,22-15?. The molecule has 26 heavy (non-hydrogen) atoms. The minimum atomic E-state index is 0.340. The maximum absolute atomic E-state index is 6.17. The Kier molecular flexibility index (Phi) is 6.54. The maximum atomic E-state index is 6.17. The lowest BCUT2D eigenvalue weighted by Gasteiger charge is -2.14. The lowest BCUT2D eigenvalue weighted by atomic mass is 10.0. The summed E-state index contributed by atoms with van der Waals surface area (Å²) in [4.78, 5) is 13.1. The SMILES string of the molecule is C/C=C\N=C(CC)c1nc(N)c(Cc2ccc(OC)cc2OC)c(N)n1. The highest BCUT2D eigenvalue weighted by Crippen LogP contribution is 2.29. The Morgan fingerprint density at radius 1 is 1.15 bits per heavy atom. The van der Waals surface area contributed by atoms with Gasteiger partial charge in [0.2, 0.25) is 0 Å². The Balaban J connectivity index is 2.40. The zero-order valence-corrected chi connectivity index (χ0v) is 15.6. The zero-order valence-electron chi connectivity index (χ0n) is 15.6. The molecule has 138 valence electrons. The number of methoxy groups -OCH3 is 2. The van der Waals surface area contributed by atoms with Crippen LogP contribution in [0.4, 0.5) is 11.6 Å². The van der Waals surface area contributed by atoms with Gasteiger partial charge in [0.15, 0.2) is 5.82 Å². The Labute approximate surface area is 153 Å². The first-order valence-corrected chi connectivity index (χ1v) is 8.34. The molecular weight excluding hydrogens is 330 g/mol. The first-order chi connectivity index (χ1) is 12.5. The van der Waals surface area contributed by atoms with Gasteiger partial charge in [-0.05, 0) is 25.0 Å². The molecule has 0 aliphatic heterocycles. The molecule has 1 aromatic heterocycles. The third-order valence-electron chi connectivity index (χ3n) is 3.91. The lowest BCUT2D eigenvalue weighted by Crippen LogP contribution is -2.13. The Morgan fingerprint density at radius 3 is 2.38 bits per heavy atom. The van der Waals surface area contributed by atoms with Gasteiger partial charge in [-0.15, -0.1) is 0 Å². The number of hydrogen-bond donors (Lipinski definition) is 2. The molecule has 0 aliphatic rings. The molecule has 0 fully saturated rings. The van der Waals surface area contributed by atoms with Crippen molar-refractivity contribution in [3.8, 4) is 11.5 Å². The second kappa shape index (κ2) is 8.84. The summed E-state index contributed by atoms with van der Waals surface area (Å²) in [6.45, 7) is 3.87. The Bertz CT molecular complexity index is 808. The predicted octanol–water partition coefficient (Wildman–Crippen LogP) is 2.98. The van der Waals surface area contributed by atoms with E-state index in [9.17, 15) is 0 Å². The van der Waals surface area contributed by atoms with Crippen LogP contribution in [0.1, 0.15) is 37.2 Å². The summed E-state index contributed by atoms with van der Waals surface area (Å²) < 4.78 is 10.7. The van der Waals surface area contributed by atoms with Crippen molar-refractivity contribution in [3.05, 3.63) is 47.4 Å². The molecule has 0 atom stereocenters. The van der Waals surface area contributed by atoms with E-state index in [1.165, 1.54) is 0 Å². The molecule has 7 nitrogen and oxygen atoms in total. The van der Waals surface area contributed by atoms with Crippen LogP contribution in [0.2, 0.25) is 0 Å². The minimum absolute atomic E-state index is 0.340. The average molecular weight is 355 g/mol. The highest BCUT2D eigenvalue weighted by molar-refractivity contribution is 5.98. The van der Waals surface area contributed by atoms with E-state index in [-0.39, 0.29) is 0 Å². The highest BCUT2D eigenvalue weighted by atomic mass is 16.5. The van der Waals surface area contributed by atoms with Crippen molar-refractivity contribution in [2.45, 2.75) is 26.7 Å². The van der Waals surface area contributed by atoms with E-state index in [0.29, 0.717) is 47.4 Å². The summed E-state index contributed by atoms with van der Waals surface area (Å²) in [7, 11) is 3.22. The van der Waals surface area contributed by atoms with Crippen LogP contribution in [-0.2, 0) is 6.42 Å². The number of anilines is 2. The molecule has 0 saturated carbocycles. The number of rotatable bonds is 7. The van der Waals surface area contributed by atoms with E-state index in [1.54, 1.807) is 20.4 Å². The van der Waals surface area contributed by atoms with Crippen LogP contribution in [0.25, 0.3) is 0 Å². The molecule has 0 bridgehead atoms. The number of allylic oxidation sites excluding steroid dienone is 1. The van der Waals surface area contributed by atoms with Gasteiger partial charge in [-0.1, -0.05) is 19.1 Å². The smallest absolute Gasteiger partial charge is 0.178 e. The number of nitrogen functional groups attached to an aromatic ring is 2. The second-order valence-electron chi connectivity index (χ2n) is 5.56. The van der Waals surface area contributed by atoms with Crippen molar-refractivity contribution in [1.82, 2.24) is 9.97 Å². The molecule has 4 N–H and O–H groups in total. The fourth-order valence-electron chi connectivity index (χ4n) is 2.49. The van der Waals surface area contributed by atoms with Crippen molar-refractivity contribution < 1.29 is 9.47 Å². The molecule has 0 aliphatic carbocycles. The van der Waals surface area contributed by atoms with Crippen LogP contribution in [0, 0.1) is 0 Å². The van der Waals surface area contributed by atoms with Crippen LogP contribution in [-0.4, -0.2) is 29.9 Å². The number of aromatic nitrogens is 2. The fourth-order valence-corrected chi connectivity index (χ4v) is 2.49. The largest absolute Gasteiger partial charge is 0.497 e. The number of hydrogen-bond acceptors (Lipinski definition) is 7. The average Bonchev–Trinajstić information content (AvgIpc) is 2.65. The molecule has 2 rings (SSSR count). The van der Waals surface area contributed by atoms with Crippen molar-refractivity contribution in [2.75, 3.05) is 25.7 Å². The van der Waals surface area contributed by atoms with E-state index in [4.69, 9.17) is 20.9 Å². The van der Waals surface area contributed by atoms with E-state index in [1.807, 2.05) is 38.1 Å². The van der Waals surface area contributed by atoms with Crippen LogP contribution in [0.15, 0.2) is 35.5 Å². The molecule has 0 radical (unpaired) electrons. The van der Waals surface area contributed by atoms with Crippen molar-refractivity contribution in [3.63, 3.8) is 0 Å². The van der Waals surface area contributed by atoms with Gasteiger partial charge in [-0.25, -0.2) is 9.97 Å². The number of aliphatic imine (C=N–C) groups is 1. The maximum Gasteiger partial charge on any atom is 0.178 e. The summed E-state index contributed by atoms with van der Waals surface area (Å²) >= 11 is 0. The summed E-state index contributed by atoms with van der Waals surface area (Å²) in [6, 6.07) is 5.59. The van der Waals surface area contributed by atoms with E-state index in [0.717, 1.165) is 11.3 Å². The Hall–Kier alpha value is -3.09. The van der Waals surface area contributed by atoms with Gasteiger partial charge in [0.05, 0.1) is 19.9 Å². The molecule has 1 aromatic carbocycles. The number of benzene rings is 1. The molecule has 2 aromatic rings. The van der Waals surface area contributed by atoms with Crippen LogP contribution in [0.3, 0.4) is 0 Å². The Morgan fingerprint density at radius 2 is 1.85 bits per heavy atom. The summed E-state index contributed by atoms with van der Waals surface area (Å²) in [5, 5.41) is 0. The minimum Gasteiger partial charge on any atom is -0.497 e. The fraction of sp³-hybridized carbons (Fsp3) is 0.316. The molecule has 0 unspecified atom stereocenters. The van der Waals surface area contributed by atoms with Gasteiger partial charge in [-0.3, -0.25) is 4.99 Å². The molecule has 0 spiro atoms. The van der Waals surface area contributed by atoms with Crippen LogP contribution in [0.5, 0.6) is 11.5 Å². The van der Waals surface area contributed by atoms with Gasteiger partial charge in [0, 0.05) is 24.3 Å². The van der Waals surface area contributed by atoms with Crippen LogP contribution < -0.4 is 20.9 Å². The molecular formula is C19H25N5O2. The van der Waals surface area contributed by atoms with Gasteiger partial charge in [-0.2, -0.15) is 0 Å². The van der Waals surface area contributed by atoms with Crippen molar-refractivity contribution in [1.29, 1.82) is 0 Å². The number of nitrogens with zero attached hydrogens (tertiary/aromatic N) is 3. The van der Waals surface area contributed by atoms with E-state index in [2.05, 4.69) is 15.0 Å². The first-order valence-electron chi connectivity index (χ1n) is 8.34. The number of ether oxygens (including phenoxy) is 2. The van der Waals surface area contributed by atoms with Gasteiger partial charge in [0.1, 0.15) is 23.1 Å². The van der Waals surface area contributed by atoms with Crippen LogP contribution >= 0.6 is 0 Å². The highest BCUT2D eigenvalue weighted by Gasteiger charge is 2.16. The predicted molar refractivity (Wildman–Crippen MR) is 105 cm³/mol. The third-order valence-corrected chi connectivity index (χ3v) is 3.91. The second-order valence-corrected chi connectivity index (χ2v) is 5.56. The van der Waals surface area contributed by atoms with Gasteiger partial charge in [0.25, 0.3) is 0 Å². The topological polar surface area (TPSA) is 109 Å². The normalized spacial score (nSPS) is 11.8. The molecule has 0 saturated heterocycles. The van der Waals surface area contributed by atoms with Gasteiger partial charge >= 0.3 is 0 Å². The summed E-state index contributed by atoms with van der Waals surface area (Å²) in [6.07, 6.45) is 4.67. The van der Waals surface area contributed by atoms with E-state index < -0.39 is 0 Å². The lowest BCUT2D eigenvalue weighted by molar-refractivity contribution is 0.391. The first kappa shape index (κ1) is 19.2. The van der Waals surface area contributed by atoms with Crippen molar-refractivity contribution in [2.24, 2.45) is 4.99 Å². The monoisotopic (exact) mass is 355 g/mol. The molecule has 0 amide bonds. The molecule has 1 heterocycles. The quantitative estimate of drug-likeness (QED) is 0.739. The molecule has 7 heteroatoms. The summed E-state index contributed by atoms with van der Waals surface area (Å²) in [5.41, 5.74) is 14.7.